The zero-order valence-electron chi connectivity index (χ0n) is 15.8. The minimum absolute atomic E-state index is 0.111. The van der Waals surface area contributed by atoms with Gasteiger partial charge in [0.15, 0.2) is 20.8 Å². The molecular formula is C22H16N2O5S. The monoisotopic (exact) mass is 420 g/mol. The van der Waals surface area contributed by atoms with Gasteiger partial charge in [0, 0.05) is 24.1 Å². The van der Waals surface area contributed by atoms with Gasteiger partial charge in [-0.15, -0.1) is 0 Å². The molecule has 2 heterocycles. The number of fused-ring (bicyclic) bond motifs is 1. The van der Waals surface area contributed by atoms with Crippen LogP contribution in [-0.2, 0) is 9.84 Å². The predicted octanol–water partition coefficient (Wildman–Crippen LogP) is 3.51. The van der Waals surface area contributed by atoms with Crippen molar-refractivity contribution < 1.29 is 17.6 Å². The Morgan fingerprint density at radius 2 is 1.80 bits per heavy atom. The third-order valence-corrected chi connectivity index (χ3v) is 5.56. The van der Waals surface area contributed by atoms with Gasteiger partial charge in [-0.25, -0.2) is 8.42 Å². The van der Waals surface area contributed by atoms with Crippen molar-refractivity contribution in [1.29, 1.82) is 0 Å². The molecule has 0 spiro atoms. The van der Waals surface area contributed by atoms with E-state index in [-0.39, 0.29) is 32.7 Å². The molecule has 4 aromatic rings. The molecule has 2 aromatic heterocycles. The van der Waals surface area contributed by atoms with Gasteiger partial charge in [0.1, 0.15) is 11.5 Å². The minimum Gasteiger partial charge on any atom is -0.454 e. The summed E-state index contributed by atoms with van der Waals surface area (Å²) in [6.07, 6.45) is 2.61. The summed E-state index contributed by atoms with van der Waals surface area (Å²) in [4.78, 5) is 29.3. The molecule has 0 saturated heterocycles. The summed E-state index contributed by atoms with van der Waals surface area (Å²) >= 11 is 0. The molecule has 30 heavy (non-hydrogen) atoms. The highest BCUT2D eigenvalue weighted by molar-refractivity contribution is 7.90. The summed E-state index contributed by atoms with van der Waals surface area (Å²) < 4.78 is 29.7. The first-order chi connectivity index (χ1) is 14.3. The number of carbonyl (C=O) groups is 1. The van der Waals surface area contributed by atoms with Crippen LogP contribution in [0.1, 0.15) is 10.5 Å². The van der Waals surface area contributed by atoms with Crippen LogP contribution in [0.5, 0.6) is 0 Å². The number of rotatable bonds is 4. The largest absolute Gasteiger partial charge is 0.454 e. The average molecular weight is 420 g/mol. The van der Waals surface area contributed by atoms with E-state index in [4.69, 9.17) is 4.42 Å². The number of nitrogens with one attached hydrogen (secondary N) is 1. The smallest absolute Gasteiger partial charge is 0.274 e. The lowest BCUT2D eigenvalue weighted by atomic mass is 10.1. The van der Waals surface area contributed by atoms with Crippen LogP contribution in [-0.4, -0.2) is 25.6 Å². The summed E-state index contributed by atoms with van der Waals surface area (Å²) in [5, 5.41) is 3.00. The first-order valence-corrected chi connectivity index (χ1v) is 10.8. The Morgan fingerprint density at radius 1 is 1.00 bits per heavy atom. The topological polar surface area (TPSA) is 106 Å². The molecule has 0 radical (unpaired) electrons. The van der Waals surface area contributed by atoms with Crippen LogP contribution in [0.25, 0.3) is 22.3 Å². The van der Waals surface area contributed by atoms with E-state index >= 15 is 0 Å². The molecule has 0 atom stereocenters. The highest BCUT2D eigenvalue weighted by Gasteiger charge is 2.15. The van der Waals surface area contributed by atoms with Crippen LogP contribution in [0.2, 0.25) is 0 Å². The maximum Gasteiger partial charge on any atom is 0.274 e. The van der Waals surface area contributed by atoms with E-state index in [0.29, 0.717) is 11.3 Å². The molecule has 1 amide bonds. The van der Waals surface area contributed by atoms with Crippen LogP contribution in [0.15, 0.2) is 87.0 Å². The summed E-state index contributed by atoms with van der Waals surface area (Å²) in [6.45, 7) is 0. The Balaban J connectivity index is 1.83. The highest BCUT2D eigenvalue weighted by atomic mass is 32.2. The van der Waals surface area contributed by atoms with Crippen molar-refractivity contribution in [2.24, 2.45) is 0 Å². The van der Waals surface area contributed by atoms with Crippen molar-refractivity contribution in [3.05, 3.63) is 88.8 Å². The predicted molar refractivity (Wildman–Crippen MR) is 113 cm³/mol. The fourth-order valence-electron chi connectivity index (χ4n) is 2.98. The molecule has 0 fully saturated rings. The van der Waals surface area contributed by atoms with E-state index in [2.05, 4.69) is 10.3 Å². The fourth-order valence-corrected chi connectivity index (χ4v) is 3.65. The number of amides is 1. The van der Waals surface area contributed by atoms with Crippen molar-refractivity contribution in [2.75, 3.05) is 11.6 Å². The van der Waals surface area contributed by atoms with E-state index in [1.807, 2.05) is 0 Å². The van der Waals surface area contributed by atoms with Gasteiger partial charge < -0.3 is 9.73 Å². The van der Waals surface area contributed by atoms with Gasteiger partial charge in [-0.05, 0) is 36.4 Å². The quantitative estimate of drug-likeness (QED) is 0.541. The normalized spacial score (nSPS) is 11.4. The first kappa shape index (κ1) is 19.5. The molecular weight excluding hydrogens is 404 g/mol. The zero-order valence-corrected chi connectivity index (χ0v) is 16.6. The van der Waals surface area contributed by atoms with Gasteiger partial charge in [-0.3, -0.25) is 14.6 Å². The van der Waals surface area contributed by atoms with E-state index in [1.54, 1.807) is 48.5 Å². The molecule has 0 aliphatic carbocycles. The maximum absolute atomic E-state index is 12.7. The van der Waals surface area contributed by atoms with Gasteiger partial charge >= 0.3 is 0 Å². The zero-order chi connectivity index (χ0) is 21.3. The number of pyridine rings is 1. The van der Waals surface area contributed by atoms with Crippen LogP contribution >= 0.6 is 0 Å². The van der Waals surface area contributed by atoms with Crippen molar-refractivity contribution in [3.63, 3.8) is 0 Å². The second-order valence-corrected chi connectivity index (χ2v) is 8.64. The summed E-state index contributed by atoms with van der Waals surface area (Å²) in [7, 11) is -3.42. The molecule has 150 valence electrons. The lowest BCUT2D eigenvalue weighted by Gasteiger charge is -2.09. The van der Waals surface area contributed by atoms with Crippen molar-refractivity contribution in [3.8, 4) is 11.3 Å². The third kappa shape index (κ3) is 3.85. The summed E-state index contributed by atoms with van der Waals surface area (Å²) in [5.74, 6) is -0.257. The Bertz CT molecular complexity index is 1430. The maximum atomic E-state index is 12.7. The van der Waals surface area contributed by atoms with Crippen LogP contribution < -0.4 is 10.7 Å². The molecule has 2 aromatic carbocycles. The molecule has 0 bridgehead atoms. The third-order valence-electron chi connectivity index (χ3n) is 4.45. The van der Waals surface area contributed by atoms with Crippen molar-refractivity contribution in [2.45, 2.75) is 4.90 Å². The second-order valence-electron chi connectivity index (χ2n) is 6.63. The standard InChI is InChI=1S/C22H16N2O5S/c1-30(27,28)15-7-4-6-14(12-15)20-13-19(25)16-8-5-10-17(21(16)29-20)24-22(26)18-9-2-3-11-23-18/h2-13H,1H3,(H,24,26). The van der Waals surface area contributed by atoms with Gasteiger partial charge in [-0.1, -0.05) is 24.3 Å². The number of carbonyl (C=O) groups excluding carboxylic acids is 1. The first-order valence-electron chi connectivity index (χ1n) is 8.93. The molecule has 0 saturated carbocycles. The molecule has 0 aliphatic rings. The van der Waals surface area contributed by atoms with Crippen LogP contribution in [0.4, 0.5) is 5.69 Å². The number of anilines is 1. The molecule has 1 N–H and O–H groups in total. The Labute approximate surface area is 171 Å². The molecule has 8 heteroatoms. The molecule has 0 unspecified atom stereocenters. The lowest BCUT2D eigenvalue weighted by molar-refractivity contribution is 0.102. The Hall–Kier alpha value is -3.78. The number of hydrogen-bond acceptors (Lipinski definition) is 6. The van der Waals surface area contributed by atoms with E-state index in [1.165, 1.54) is 24.4 Å². The summed E-state index contributed by atoms with van der Waals surface area (Å²) in [6, 6.07) is 17.2. The molecule has 4 rings (SSSR count). The molecule has 0 aliphatic heterocycles. The number of nitrogens with zero attached hydrogens (tertiary/aromatic N) is 1. The van der Waals surface area contributed by atoms with E-state index < -0.39 is 15.7 Å². The van der Waals surface area contributed by atoms with E-state index in [9.17, 15) is 18.0 Å². The SMILES string of the molecule is CS(=O)(=O)c1cccc(-c2cc(=O)c3cccc(NC(=O)c4ccccn4)c3o2)c1. The fraction of sp³-hybridized carbons (Fsp3) is 0.0455. The number of hydrogen-bond donors (Lipinski definition) is 1. The van der Waals surface area contributed by atoms with E-state index in [0.717, 1.165) is 6.26 Å². The number of sulfone groups is 1. The van der Waals surface area contributed by atoms with Crippen LogP contribution in [0.3, 0.4) is 0 Å². The second kappa shape index (κ2) is 7.57. The van der Waals surface area contributed by atoms with Crippen LogP contribution in [0, 0.1) is 0 Å². The highest BCUT2D eigenvalue weighted by Crippen LogP contribution is 2.28. The van der Waals surface area contributed by atoms with Gasteiger partial charge in [-0.2, -0.15) is 0 Å². The van der Waals surface area contributed by atoms with Crippen molar-refractivity contribution >= 4 is 32.4 Å². The Kier molecular flexibility index (Phi) is 4.93. The minimum atomic E-state index is -3.42. The number of para-hydroxylation sites is 1. The lowest BCUT2D eigenvalue weighted by Crippen LogP contribution is -2.14. The number of benzene rings is 2. The number of aromatic nitrogens is 1. The summed E-state index contributed by atoms with van der Waals surface area (Å²) in [5.41, 5.74) is 0.831. The van der Waals surface area contributed by atoms with Crippen molar-refractivity contribution in [1.82, 2.24) is 4.98 Å². The Morgan fingerprint density at radius 3 is 2.53 bits per heavy atom. The van der Waals surface area contributed by atoms with Gasteiger partial charge in [0.25, 0.3) is 5.91 Å². The van der Waals surface area contributed by atoms with Gasteiger partial charge in [0.2, 0.25) is 0 Å². The molecule has 7 nitrogen and oxygen atoms in total. The average Bonchev–Trinajstić information content (AvgIpc) is 2.74. The van der Waals surface area contributed by atoms with Gasteiger partial charge in [0.05, 0.1) is 16.0 Å².